The second-order valence-corrected chi connectivity index (χ2v) is 3.55. The molecule has 1 aromatic heterocycles. The fourth-order valence-corrected chi connectivity index (χ4v) is 1.39. The number of nitrogens with one attached hydrogen (secondary N) is 1. The lowest BCUT2D eigenvalue weighted by atomic mass is 10.2. The maximum absolute atomic E-state index is 11.5. The normalized spacial score (nSPS) is 10.6. The number of carbonyl (C=O) groups excluding carboxylic acids is 1. The molecule has 1 heterocycles. The van der Waals surface area contributed by atoms with Gasteiger partial charge in [0, 0.05) is 12.6 Å². The standard InChI is InChI=1S/C14H13NO2/c16-14(9-8-13-7-4-10-17-13)15-11-12-5-2-1-3-6-12/h1-10H,11H2,(H,15,16)/b9-8+. The van der Waals surface area contributed by atoms with Gasteiger partial charge in [0.15, 0.2) is 0 Å². The number of hydrogen-bond donors (Lipinski definition) is 1. The van der Waals surface area contributed by atoms with E-state index < -0.39 is 0 Å². The zero-order valence-electron chi connectivity index (χ0n) is 9.30. The van der Waals surface area contributed by atoms with E-state index in [0.717, 1.165) is 5.56 Å². The van der Waals surface area contributed by atoms with Crippen LogP contribution in [-0.4, -0.2) is 5.91 Å². The first-order valence-corrected chi connectivity index (χ1v) is 5.38. The molecule has 0 saturated carbocycles. The zero-order valence-corrected chi connectivity index (χ0v) is 9.30. The quantitative estimate of drug-likeness (QED) is 0.816. The summed E-state index contributed by atoms with van der Waals surface area (Å²) in [5.41, 5.74) is 1.08. The second kappa shape index (κ2) is 5.70. The van der Waals surface area contributed by atoms with Crippen LogP contribution in [0.15, 0.2) is 59.2 Å². The first kappa shape index (κ1) is 11.2. The summed E-state index contributed by atoms with van der Waals surface area (Å²) in [5, 5.41) is 2.79. The number of benzene rings is 1. The maximum Gasteiger partial charge on any atom is 0.244 e. The predicted octanol–water partition coefficient (Wildman–Crippen LogP) is 2.61. The van der Waals surface area contributed by atoms with E-state index >= 15 is 0 Å². The smallest absolute Gasteiger partial charge is 0.244 e. The number of carbonyl (C=O) groups is 1. The van der Waals surface area contributed by atoms with Gasteiger partial charge in [0.2, 0.25) is 5.91 Å². The van der Waals surface area contributed by atoms with Gasteiger partial charge in [-0.25, -0.2) is 0 Å². The summed E-state index contributed by atoms with van der Waals surface area (Å²) in [5.74, 6) is 0.533. The van der Waals surface area contributed by atoms with Gasteiger partial charge in [0.1, 0.15) is 5.76 Å². The van der Waals surface area contributed by atoms with E-state index in [1.165, 1.54) is 6.08 Å². The Morgan fingerprint density at radius 1 is 1.18 bits per heavy atom. The van der Waals surface area contributed by atoms with Gasteiger partial charge in [-0.05, 0) is 23.8 Å². The minimum absolute atomic E-state index is 0.134. The van der Waals surface area contributed by atoms with Crippen molar-refractivity contribution in [2.45, 2.75) is 6.54 Å². The zero-order chi connectivity index (χ0) is 11.9. The van der Waals surface area contributed by atoms with Crippen LogP contribution in [0.4, 0.5) is 0 Å². The van der Waals surface area contributed by atoms with Crippen LogP contribution in [0.2, 0.25) is 0 Å². The number of rotatable bonds is 4. The van der Waals surface area contributed by atoms with Crippen LogP contribution >= 0.6 is 0 Å². The molecule has 0 saturated heterocycles. The summed E-state index contributed by atoms with van der Waals surface area (Å²) in [6.07, 6.45) is 4.67. The number of hydrogen-bond acceptors (Lipinski definition) is 2. The molecule has 2 rings (SSSR count). The molecule has 86 valence electrons. The SMILES string of the molecule is O=C(/C=C/c1ccco1)NCc1ccccc1. The van der Waals surface area contributed by atoms with Crippen molar-refractivity contribution in [1.82, 2.24) is 5.32 Å². The lowest BCUT2D eigenvalue weighted by Crippen LogP contribution is -2.20. The molecule has 0 bridgehead atoms. The summed E-state index contributed by atoms with van der Waals surface area (Å²) in [7, 11) is 0. The monoisotopic (exact) mass is 227 g/mol. The minimum atomic E-state index is -0.134. The van der Waals surface area contributed by atoms with Crippen LogP contribution in [0, 0.1) is 0 Å². The molecule has 0 atom stereocenters. The first-order valence-electron chi connectivity index (χ1n) is 5.38. The Morgan fingerprint density at radius 3 is 2.71 bits per heavy atom. The van der Waals surface area contributed by atoms with Gasteiger partial charge in [-0.2, -0.15) is 0 Å². The van der Waals surface area contributed by atoms with Gasteiger partial charge >= 0.3 is 0 Å². The van der Waals surface area contributed by atoms with E-state index in [9.17, 15) is 4.79 Å². The number of amides is 1. The van der Waals surface area contributed by atoms with Gasteiger partial charge in [0.25, 0.3) is 0 Å². The Kier molecular flexibility index (Phi) is 3.76. The largest absolute Gasteiger partial charge is 0.465 e. The Labute approximate surface area is 99.8 Å². The Hall–Kier alpha value is -2.29. The lowest BCUT2D eigenvalue weighted by Gasteiger charge is -2.01. The fourth-order valence-electron chi connectivity index (χ4n) is 1.39. The highest BCUT2D eigenvalue weighted by molar-refractivity contribution is 5.91. The van der Waals surface area contributed by atoms with Crippen LogP contribution in [0.3, 0.4) is 0 Å². The van der Waals surface area contributed by atoms with E-state index in [4.69, 9.17) is 4.42 Å². The highest BCUT2D eigenvalue weighted by Crippen LogP contribution is 2.02. The molecular weight excluding hydrogens is 214 g/mol. The molecule has 1 aromatic carbocycles. The minimum Gasteiger partial charge on any atom is -0.465 e. The summed E-state index contributed by atoms with van der Waals surface area (Å²) in [6.45, 7) is 0.530. The van der Waals surface area contributed by atoms with Gasteiger partial charge in [-0.15, -0.1) is 0 Å². The van der Waals surface area contributed by atoms with Crippen molar-refractivity contribution in [3.05, 3.63) is 66.1 Å². The molecule has 0 unspecified atom stereocenters. The lowest BCUT2D eigenvalue weighted by molar-refractivity contribution is -0.116. The van der Waals surface area contributed by atoms with E-state index in [1.807, 2.05) is 30.3 Å². The van der Waals surface area contributed by atoms with Crippen LogP contribution in [0.1, 0.15) is 11.3 Å². The molecule has 0 aliphatic carbocycles. The van der Waals surface area contributed by atoms with Crippen molar-refractivity contribution in [2.24, 2.45) is 0 Å². The van der Waals surface area contributed by atoms with Crippen LogP contribution < -0.4 is 5.32 Å². The predicted molar refractivity (Wildman–Crippen MR) is 66.0 cm³/mol. The molecule has 17 heavy (non-hydrogen) atoms. The average molecular weight is 227 g/mol. The Bertz CT molecular complexity index is 486. The highest BCUT2D eigenvalue weighted by atomic mass is 16.3. The molecular formula is C14H13NO2. The van der Waals surface area contributed by atoms with Crippen molar-refractivity contribution in [3.63, 3.8) is 0 Å². The fraction of sp³-hybridized carbons (Fsp3) is 0.0714. The summed E-state index contributed by atoms with van der Waals surface area (Å²) in [4.78, 5) is 11.5. The molecule has 2 aromatic rings. The maximum atomic E-state index is 11.5. The topological polar surface area (TPSA) is 42.2 Å². The van der Waals surface area contributed by atoms with E-state index in [-0.39, 0.29) is 5.91 Å². The third kappa shape index (κ3) is 3.65. The van der Waals surface area contributed by atoms with Crippen molar-refractivity contribution in [3.8, 4) is 0 Å². The molecule has 0 aliphatic heterocycles. The van der Waals surface area contributed by atoms with Gasteiger partial charge in [-0.1, -0.05) is 30.3 Å². The molecule has 3 nitrogen and oxygen atoms in total. The third-order valence-electron chi connectivity index (χ3n) is 2.25. The average Bonchev–Trinajstić information content (AvgIpc) is 2.88. The second-order valence-electron chi connectivity index (χ2n) is 3.55. The van der Waals surface area contributed by atoms with Crippen LogP contribution in [-0.2, 0) is 11.3 Å². The molecule has 0 spiro atoms. The third-order valence-corrected chi connectivity index (χ3v) is 2.25. The summed E-state index contributed by atoms with van der Waals surface area (Å²) >= 11 is 0. The molecule has 1 N–H and O–H groups in total. The van der Waals surface area contributed by atoms with Crippen molar-refractivity contribution >= 4 is 12.0 Å². The highest BCUT2D eigenvalue weighted by Gasteiger charge is 1.96. The van der Waals surface area contributed by atoms with Crippen LogP contribution in [0.5, 0.6) is 0 Å². The van der Waals surface area contributed by atoms with E-state index in [2.05, 4.69) is 5.32 Å². The van der Waals surface area contributed by atoms with Gasteiger partial charge < -0.3 is 9.73 Å². The summed E-state index contributed by atoms with van der Waals surface area (Å²) < 4.78 is 5.08. The van der Waals surface area contributed by atoms with Crippen molar-refractivity contribution < 1.29 is 9.21 Å². The Morgan fingerprint density at radius 2 is 2.00 bits per heavy atom. The first-order chi connectivity index (χ1) is 8.34. The molecule has 0 fully saturated rings. The Balaban J connectivity index is 1.82. The summed E-state index contributed by atoms with van der Waals surface area (Å²) in [6, 6.07) is 13.3. The van der Waals surface area contributed by atoms with Crippen molar-refractivity contribution in [1.29, 1.82) is 0 Å². The molecule has 1 amide bonds. The van der Waals surface area contributed by atoms with Gasteiger partial charge in [-0.3, -0.25) is 4.79 Å². The van der Waals surface area contributed by atoms with Crippen LogP contribution in [0.25, 0.3) is 6.08 Å². The molecule has 0 aliphatic rings. The van der Waals surface area contributed by atoms with E-state index in [1.54, 1.807) is 24.5 Å². The molecule has 3 heteroatoms. The van der Waals surface area contributed by atoms with Gasteiger partial charge in [0.05, 0.1) is 6.26 Å². The number of furan rings is 1. The van der Waals surface area contributed by atoms with Crippen molar-refractivity contribution in [2.75, 3.05) is 0 Å². The van der Waals surface area contributed by atoms with E-state index in [0.29, 0.717) is 12.3 Å². The molecule has 0 radical (unpaired) electrons.